The number of hydrogen-bond acceptors (Lipinski definition) is 3. The Morgan fingerprint density at radius 1 is 1.12 bits per heavy atom. The van der Waals surface area contributed by atoms with E-state index in [4.69, 9.17) is 4.52 Å². The summed E-state index contributed by atoms with van der Waals surface area (Å²) in [6.45, 7) is 2.67. The van der Waals surface area contributed by atoms with E-state index in [1.807, 2.05) is 35.2 Å². The normalized spacial score (nSPS) is 13.6. The Kier molecular flexibility index (Phi) is 4.10. The molecule has 4 nitrogen and oxygen atoms in total. The Labute approximate surface area is 147 Å². The number of carbonyl (C=O) groups excluding carboxylic acids is 1. The highest BCUT2D eigenvalue weighted by Gasteiger charge is 2.34. The first-order valence-corrected chi connectivity index (χ1v) is 8.59. The molecule has 4 heteroatoms. The highest BCUT2D eigenvalue weighted by Crippen LogP contribution is 2.30. The number of nitrogens with zero attached hydrogens (tertiary/aromatic N) is 2. The van der Waals surface area contributed by atoms with Gasteiger partial charge in [0.05, 0.1) is 0 Å². The maximum Gasteiger partial charge on any atom is 0.293 e. The fourth-order valence-corrected chi connectivity index (χ4v) is 2.91. The van der Waals surface area contributed by atoms with Gasteiger partial charge in [-0.1, -0.05) is 65.3 Å². The Hall–Kier alpha value is -2.88. The topological polar surface area (TPSA) is 46.3 Å². The minimum Gasteiger partial charge on any atom is -0.350 e. The SMILES string of the molecule is Cc1ccc(CN(C(=O)c2cc(-c3ccccc3)no2)C2CC2)cc1. The fraction of sp³-hybridized carbons (Fsp3) is 0.238. The van der Waals surface area contributed by atoms with Gasteiger partial charge in [0.25, 0.3) is 5.91 Å². The van der Waals surface area contributed by atoms with Crippen LogP contribution in [0.5, 0.6) is 0 Å². The number of aromatic nitrogens is 1. The summed E-state index contributed by atoms with van der Waals surface area (Å²) in [6, 6.07) is 20.1. The molecule has 0 radical (unpaired) electrons. The highest BCUT2D eigenvalue weighted by molar-refractivity contribution is 5.92. The van der Waals surface area contributed by atoms with Gasteiger partial charge < -0.3 is 9.42 Å². The summed E-state index contributed by atoms with van der Waals surface area (Å²) in [6.07, 6.45) is 2.11. The van der Waals surface area contributed by atoms with Crippen molar-refractivity contribution in [2.24, 2.45) is 0 Å². The molecule has 1 heterocycles. The largest absolute Gasteiger partial charge is 0.350 e. The predicted molar refractivity (Wildman–Crippen MR) is 96.0 cm³/mol. The standard InChI is InChI=1S/C21H20N2O2/c1-15-7-9-16(10-8-15)14-23(18-11-12-18)21(24)20-13-19(22-25-20)17-5-3-2-4-6-17/h2-10,13,18H,11-12,14H2,1H3. The number of amides is 1. The lowest BCUT2D eigenvalue weighted by atomic mass is 10.1. The van der Waals surface area contributed by atoms with Gasteiger partial charge in [-0.15, -0.1) is 0 Å². The lowest BCUT2D eigenvalue weighted by Crippen LogP contribution is -2.32. The molecule has 4 rings (SSSR count). The quantitative estimate of drug-likeness (QED) is 0.693. The number of aryl methyl sites for hydroxylation is 1. The zero-order valence-electron chi connectivity index (χ0n) is 14.2. The number of carbonyl (C=O) groups is 1. The van der Waals surface area contributed by atoms with Crippen LogP contribution in [-0.2, 0) is 6.54 Å². The second-order valence-electron chi connectivity index (χ2n) is 6.59. The van der Waals surface area contributed by atoms with Crippen molar-refractivity contribution in [3.63, 3.8) is 0 Å². The van der Waals surface area contributed by atoms with Crippen LogP contribution >= 0.6 is 0 Å². The Balaban J connectivity index is 1.55. The summed E-state index contributed by atoms with van der Waals surface area (Å²) in [5.41, 5.74) is 3.99. The Morgan fingerprint density at radius 3 is 2.52 bits per heavy atom. The molecule has 1 aliphatic carbocycles. The van der Waals surface area contributed by atoms with Gasteiger partial charge in [0.2, 0.25) is 5.76 Å². The van der Waals surface area contributed by atoms with E-state index < -0.39 is 0 Å². The van der Waals surface area contributed by atoms with Crippen molar-refractivity contribution < 1.29 is 9.32 Å². The van der Waals surface area contributed by atoms with Crippen LogP contribution in [0, 0.1) is 6.92 Å². The second-order valence-corrected chi connectivity index (χ2v) is 6.59. The third-order valence-corrected chi connectivity index (χ3v) is 4.51. The first-order chi connectivity index (χ1) is 12.2. The van der Waals surface area contributed by atoms with E-state index in [-0.39, 0.29) is 5.91 Å². The van der Waals surface area contributed by atoms with E-state index in [9.17, 15) is 4.79 Å². The zero-order valence-corrected chi connectivity index (χ0v) is 14.2. The predicted octanol–water partition coefficient (Wildman–Crippen LogP) is 4.45. The first kappa shape index (κ1) is 15.6. The third-order valence-electron chi connectivity index (χ3n) is 4.51. The van der Waals surface area contributed by atoms with Crippen molar-refractivity contribution in [3.05, 3.63) is 77.6 Å². The van der Waals surface area contributed by atoms with Gasteiger partial charge in [-0.25, -0.2) is 0 Å². The summed E-state index contributed by atoms with van der Waals surface area (Å²) in [7, 11) is 0. The maximum absolute atomic E-state index is 12.9. The lowest BCUT2D eigenvalue weighted by Gasteiger charge is -2.21. The first-order valence-electron chi connectivity index (χ1n) is 8.59. The lowest BCUT2D eigenvalue weighted by molar-refractivity contribution is 0.0687. The molecule has 1 fully saturated rings. The molecule has 0 unspecified atom stereocenters. The monoisotopic (exact) mass is 332 g/mol. The van der Waals surface area contributed by atoms with Gasteiger partial charge in [0, 0.05) is 24.2 Å². The zero-order chi connectivity index (χ0) is 17.2. The molecule has 3 aromatic rings. The van der Waals surface area contributed by atoms with Crippen molar-refractivity contribution in [3.8, 4) is 11.3 Å². The van der Waals surface area contributed by atoms with Crippen LogP contribution in [0.15, 0.2) is 65.2 Å². The van der Waals surface area contributed by atoms with Crippen LogP contribution in [0.1, 0.15) is 34.5 Å². The van der Waals surface area contributed by atoms with Gasteiger partial charge in [0.15, 0.2) is 0 Å². The van der Waals surface area contributed by atoms with Crippen LogP contribution in [-0.4, -0.2) is 22.0 Å². The minimum absolute atomic E-state index is 0.0854. The molecule has 0 spiro atoms. The van der Waals surface area contributed by atoms with Crippen LogP contribution in [0.4, 0.5) is 0 Å². The smallest absolute Gasteiger partial charge is 0.293 e. The number of hydrogen-bond donors (Lipinski definition) is 0. The molecule has 0 atom stereocenters. The molecule has 0 bridgehead atoms. The van der Waals surface area contributed by atoms with E-state index in [0.717, 1.165) is 24.0 Å². The molecular formula is C21H20N2O2. The molecule has 0 N–H and O–H groups in total. The summed E-state index contributed by atoms with van der Waals surface area (Å²) in [5, 5.41) is 4.07. The summed E-state index contributed by atoms with van der Waals surface area (Å²) >= 11 is 0. The van der Waals surface area contributed by atoms with Gasteiger partial charge >= 0.3 is 0 Å². The summed E-state index contributed by atoms with van der Waals surface area (Å²) < 4.78 is 5.36. The Bertz CT molecular complexity index is 864. The van der Waals surface area contributed by atoms with Crippen LogP contribution < -0.4 is 0 Å². The van der Waals surface area contributed by atoms with Crippen LogP contribution in [0.3, 0.4) is 0 Å². The number of rotatable bonds is 5. The summed E-state index contributed by atoms with van der Waals surface area (Å²) in [5.74, 6) is 0.218. The Morgan fingerprint density at radius 2 is 1.84 bits per heavy atom. The summed E-state index contributed by atoms with van der Waals surface area (Å²) in [4.78, 5) is 14.8. The van der Waals surface area contributed by atoms with Crippen LogP contribution in [0.25, 0.3) is 11.3 Å². The average molecular weight is 332 g/mol. The van der Waals surface area contributed by atoms with E-state index in [1.54, 1.807) is 6.07 Å². The molecular weight excluding hydrogens is 312 g/mol. The molecule has 126 valence electrons. The van der Waals surface area contributed by atoms with Crippen molar-refractivity contribution in [2.45, 2.75) is 32.4 Å². The molecule has 25 heavy (non-hydrogen) atoms. The molecule has 1 saturated carbocycles. The molecule has 1 amide bonds. The van der Waals surface area contributed by atoms with E-state index in [0.29, 0.717) is 24.0 Å². The van der Waals surface area contributed by atoms with E-state index >= 15 is 0 Å². The molecule has 1 aliphatic rings. The van der Waals surface area contributed by atoms with Gasteiger partial charge in [-0.2, -0.15) is 0 Å². The fourth-order valence-electron chi connectivity index (χ4n) is 2.91. The molecule has 0 aliphatic heterocycles. The molecule has 2 aromatic carbocycles. The van der Waals surface area contributed by atoms with Crippen molar-refractivity contribution >= 4 is 5.91 Å². The van der Waals surface area contributed by atoms with E-state index in [1.165, 1.54) is 5.56 Å². The minimum atomic E-state index is -0.0854. The average Bonchev–Trinajstić information content (AvgIpc) is 3.37. The van der Waals surface area contributed by atoms with Gasteiger partial charge in [-0.05, 0) is 25.3 Å². The molecule has 0 saturated heterocycles. The third kappa shape index (κ3) is 3.48. The van der Waals surface area contributed by atoms with E-state index in [2.05, 4.69) is 36.3 Å². The van der Waals surface area contributed by atoms with Crippen molar-refractivity contribution in [1.29, 1.82) is 0 Å². The highest BCUT2D eigenvalue weighted by atomic mass is 16.5. The van der Waals surface area contributed by atoms with Gasteiger partial charge in [0.1, 0.15) is 5.69 Å². The van der Waals surface area contributed by atoms with Crippen molar-refractivity contribution in [2.75, 3.05) is 0 Å². The van der Waals surface area contributed by atoms with Crippen molar-refractivity contribution in [1.82, 2.24) is 10.1 Å². The molecule has 1 aromatic heterocycles. The second kappa shape index (κ2) is 6.55. The van der Waals surface area contributed by atoms with Crippen LogP contribution in [0.2, 0.25) is 0 Å². The maximum atomic E-state index is 12.9. The number of benzene rings is 2. The van der Waals surface area contributed by atoms with Gasteiger partial charge in [-0.3, -0.25) is 4.79 Å².